The summed E-state index contributed by atoms with van der Waals surface area (Å²) >= 11 is 0. The third-order valence-electron chi connectivity index (χ3n) is 2.48. The second kappa shape index (κ2) is 6.70. The summed E-state index contributed by atoms with van der Waals surface area (Å²) in [5.41, 5.74) is 0.613. The van der Waals surface area contributed by atoms with E-state index in [1.54, 1.807) is 19.1 Å². The minimum atomic E-state index is -0.940. The number of carbonyl (C=O) groups excluding carboxylic acids is 2. The third-order valence-corrected chi connectivity index (χ3v) is 2.48. The van der Waals surface area contributed by atoms with Crippen molar-refractivity contribution in [1.29, 1.82) is 0 Å². The largest absolute Gasteiger partial charge is 0.481 e. The number of esters is 2. The number of ether oxygens (including phenoxy) is 2. The van der Waals surface area contributed by atoms with Crippen molar-refractivity contribution in [2.24, 2.45) is 0 Å². The first-order valence-electron chi connectivity index (χ1n) is 6.01. The molecule has 0 spiro atoms. The van der Waals surface area contributed by atoms with E-state index in [1.165, 1.54) is 19.9 Å². The molecule has 1 aromatic carbocycles. The van der Waals surface area contributed by atoms with Crippen LogP contribution in [-0.4, -0.2) is 23.0 Å². The van der Waals surface area contributed by atoms with Crippen LogP contribution < -0.4 is 9.47 Å². The van der Waals surface area contributed by atoms with Gasteiger partial charge in [0.25, 0.3) is 0 Å². The topological polar surface area (TPSA) is 89.9 Å². The van der Waals surface area contributed by atoms with Crippen molar-refractivity contribution in [2.45, 2.75) is 33.1 Å². The van der Waals surface area contributed by atoms with Crippen molar-refractivity contribution >= 4 is 17.9 Å². The lowest BCUT2D eigenvalue weighted by Crippen LogP contribution is -2.07. The van der Waals surface area contributed by atoms with Crippen molar-refractivity contribution in [2.75, 3.05) is 0 Å². The molecule has 108 valence electrons. The first-order valence-corrected chi connectivity index (χ1v) is 6.01. The Kier molecular flexibility index (Phi) is 5.25. The summed E-state index contributed by atoms with van der Waals surface area (Å²) in [6.45, 7) is 4.22. The van der Waals surface area contributed by atoms with E-state index >= 15 is 0 Å². The lowest BCUT2D eigenvalue weighted by molar-refractivity contribution is -0.137. The number of hydrogen-bond acceptors (Lipinski definition) is 5. The Bertz CT molecular complexity index is 500. The smallest absolute Gasteiger partial charge is 0.308 e. The lowest BCUT2D eigenvalue weighted by Gasteiger charge is -2.13. The van der Waals surface area contributed by atoms with E-state index in [4.69, 9.17) is 14.6 Å². The predicted molar refractivity (Wildman–Crippen MR) is 69.7 cm³/mol. The molecule has 0 amide bonds. The van der Waals surface area contributed by atoms with Crippen LogP contribution in [-0.2, 0) is 14.4 Å². The highest BCUT2D eigenvalue weighted by Gasteiger charge is 2.14. The molecule has 1 aromatic rings. The van der Waals surface area contributed by atoms with Crippen molar-refractivity contribution < 1.29 is 29.0 Å². The molecule has 20 heavy (non-hydrogen) atoms. The van der Waals surface area contributed by atoms with Gasteiger partial charge in [-0.3, -0.25) is 14.4 Å². The van der Waals surface area contributed by atoms with E-state index in [2.05, 4.69) is 0 Å². The molecule has 0 aliphatic carbocycles. The Morgan fingerprint density at radius 1 is 1.05 bits per heavy atom. The van der Waals surface area contributed by atoms with Crippen molar-refractivity contribution in [3.05, 3.63) is 23.8 Å². The molecule has 1 N–H and O–H groups in total. The highest BCUT2D eigenvalue weighted by atomic mass is 16.5. The normalized spacial score (nSPS) is 11.6. The number of benzene rings is 1. The Hall–Kier alpha value is -2.37. The maximum absolute atomic E-state index is 11.0. The molecular formula is C14H16O6. The summed E-state index contributed by atoms with van der Waals surface area (Å²) in [7, 11) is 0. The summed E-state index contributed by atoms with van der Waals surface area (Å²) in [6.07, 6.45) is -0.0803. The molecule has 6 nitrogen and oxygen atoms in total. The SMILES string of the molecule is CC(=O)Oc1cc(OC(C)=O)cc(C(C)CC(=O)O)c1. The van der Waals surface area contributed by atoms with Gasteiger partial charge in [0.05, 0.1) is 6.42 Å². The van der Waals surface area contributed by atoms with Crippen molar-refractivity contribution in [3.63, 3.8) is 0 Å². The number of carbonyl (C=O) groups is 3. The molecule has 1 atom stereocenters. The van der Waals surface area contributed by atoms with Crippen LogP contribution in [0.25, 0.3) is 0 Å². The van der Waals surface area contributed by atoms with Crippen LogP contribution in [0.1, 0.15) is 38.7 Å². The van der Waals surface area contributed by atoms with Gasteiger partial charge in [-0.15, -0.1) is 0 Å². The highest BCUT2D eigenvalue weighted by Crippen LogP contribution is 2.29. The highest BCUT2D eigenvalue weighted by molar-refractivity contribution is 5.72. The molecule has 1 rings (SSSR count). The first-order chi connectivity index (χ1) is 9.27. The Balaban J connectivity index is 3.11. The summed E-state index contributed by atoms with van der Waals surface area (Å²) < 4.78 is 9.91. The Morgan fingerprint density at radius 2 is 1.50 bits per heavy atom. The zero-order valence-electron chi connectivity index (χ0n) is 11.5. The maximum Gasteiger partial charge on any atom is 0.308 e. The van der Waals surface area contributed by atoms with Crippen LogP contribution in [0, 0.1) is 0 Å². The van der Waals surface area contributed by atoms with Crippen LogP contribution in [0.4, 0.5) is 0 Å². The molecular weight excluding hydrogens is 264 g/mol. The number of aliphatic carboxylic acids is 1. The van der Waals surface area contributed by atoms with Gasteiger partial charge in [-0.25, -0.2) is 0 Å². The summed E-state index contributed by atoms with van der Waals surface area (Å²) in [4.78, 5) is 32.7. The number of rotatable bonds is 5. The standard InChI is InChI=1S/C14H16O6/c1-8(4-14(17)18)11-5-12(19-9(2)15)7-13(6-11)20-10(3)16/h5-8H,4H2,1-3H3,(H,17,18). The van der Waals surface area contributed by atoms with Gasteiger partial charge in [-0.2, -0.15) is 0 Å². The van der Waals surface area contributed by atoms with Gasteiger partial charge in [-0.1, -0.05) is 6.92 Å². The molecule has 0 bridgehead atoms. The zero-order valence-corrected chi connectivity index (χ0v) is 11.5. The van der Waals surface area contributed by atoms with Crippen molar-refractivity contribution in [1.82, 2.24) is 0 Å². The van der Waals surface area contributed by atoms with Gasteiger partial charge in [0.2, 0.25) is 0 Å². The Morgan fingerprint density at radius 3 is 1.85 bits per heavy atom. The van der Waals surface area contributed by atoms with Gasteiger partial charge >= 0.3 is 17.9 Å². The molecule has 1 unspecified atom stereocenters. The van der Waals surface area contributed by atoms with Crippen LogP contribution >= 0.6 is 0 Å². The lowest BCUT2D eigenvalue weighted by atomic mass is 9.97. The van der Waals surface area contributed by atoms with Gasteiger partial charge < -0.3 is 14.6 Å². The summed E-state index contributed by atoms with van der Waals surface area (Å²) in [5, 5.41) is 8.80. The Labute approximate surface area is 116 Å². The molecule has 0 aliphatic heterocycles. The van der Waals surface area contributed by atoms with Gasteiger partial charge in [0.15, 0.2) is 0 Å². The van der Waals surface area contributed by atoms with Crippen molar-refractivity contribution in [3.8, 4) is 11.5 Å². The molecule has 0 saturated carbocycles. The van der Waals surface area contributed by atoms with Gasteiger partial charge in [0.1, 0.15) is 11.5 Å². The van der Waals surface area contributed by atoms with Crippen LogP contribution in [0.15, 0.2) is 18.2 Å². The summed E-state index contributed by atoms with van der Waals surface area (Å²) in [5.74, 6) is -1.85. The van der Waals surface area contributed by atoms with Crippen LogP contribution in [0.5, 0.6) is 11.5 Å². The van der Waals surface area contributed by atoms with E-state index < -0.39 is 17.9 Å². The van der Waals surface area contributed by atoms with Gasteiger partial charge in [0, 0.05) is 19.9 Å². The molecule has 0 fully saturated rings. The zero-order chi connectivity index (χ0) is 15.3. The fraction of sp³-hybridized carbons (Fsp3) is 0.357. The number of carboxylic acid groups (broad SMARTS) is 1. The molecule has 0 aromatic heterocycles. The average molecular weight is 280 g/mol. The minimum Gasteiger partial charge on any atom is -0.481 e. The summed E-state index contributed by atoms with van der Waals surface area (Å²) in [6, 6.07) is 4.52. The van der Waals surface area contributed by atoms with Gasteiger partial charge in [-0.05, 0) is 23.6 Å². The number of carboxylic acids is 1. The molecule has 0 aliphatic rings. The quantitative estimate of drug-likeness (QED) is 0.656. The molecule has 0 saturated heterocycles. The fourth-order valence-corrected chi connectivity index (χ4v) is 1.71. The van der Waals surface area contributed by atoms with Crippen LogP contribution in [0.2, 0.25) is 0 Å². The molecule has 0 radical (unpaired) electrons. The monoisotopic (exact) mass is 280 g/mol. The van der Waals surface area contributed by atoms with E-state index in [-0.39, 0.29) is 23.8 Å². The van der Waals surface area contributed by atoms with E-state index in [9.17, 15) is 14.4 Å². The average Bonchev–Trinajstić information content (AvgIpc) is 2.25. The van der Waals surface area contributed by atoms with E-state index in [1.807, 2.05) is 0 Å². The van der Waals surface area contributed by atoms with E-state index in [0.29, 0.717) is 5.56 Å². The second-order valence-electron chi connectivity index (χ2n) is 4.42. The third kappa shape index (κ3) is 5.09. The first kappa shape index (κ1) is 15.7. The van der Waals surface area contributed by atoms with E-state index in [0.717, 1.165) is 0 Å². The second-order valence-corrected chi connectivity index (χ2v) is 4.42. The van der Waals surface area contributed by atoms with Crippen LogP contribution in [0.3, 0.4) is 0 Å². The molecule has 6 heteroatoms. The minimum absolute atomic E-state index is 0.0803. The predicted octanol–water partition coefficient (Wildman–Crippen LogP) is 2.12. The fourth-order valence-electron chi connectivity index (χ4n) is 1.71. The maximum atomic E-state index is 11.0. The molecule has 0 heterocycles. The number of hydrogen-bond donors (Lipinski definition) is 1.